The molecule has 54 heavy (non-hydrogen) atoms. The molecule has 2 aliphatic rings. The van der Waals surface area contributed by atoms with Gasteiger partial charge in [0.05, 0.1) is 17.4 Å². The van der Waals surface area contributed by atoms with Gasteiger partial charge in [-0.25, -0.2) is 0 Å². The number of halogens is 10. The van der Waals surface area contributed by atoms with Crippen molar-refractivity contribution in [2.24, 2.45) is 5.92 Å². The monoisotopic (exact) mass is 774 g/mol. The molecule has 3 unspecified atom stereocenters. The first-order valence-electron chi connectivity index (χ1n) is 15.5. The number of alkyl halides is 10. The van der Waals surface area contributed by atoms with Crippen molar-refractivity contribution in [2.45, 2.75) is 51.4 Å². The molecule has 1 saturated carbocycles. The molecule has 1 fully saturated rings. The van der Waals surface area contributed by atoms with E-state index < -0.39 is 66.2 Å². The van der Waals surface area contributed by atoms with Gasteiger partial charge in [-0.2, -0.15) is 43.9 Å². The van der Waals surface area contributed by atoms with Crippen molar-refractivity contribution in [2.75, 3.05) is 0 Å². The van der Waals surface area contributed by atoms with E-state index in [1.165, 1.54) is 44.4 Å². The Hall–Kier alpha value is -5.81. The van der Waals surface area contributed by atoms with Gasteiger partial charge < -0.3 is 33.2 Å². The lowest BCUT2D eigenvalue weighted by atomic mass is 10.1. The number of carboxylic acid groups (broad SMARTS) is 1. The number of rotatable bonds is 9. The number of fused-ring (bicyclic) bond motifs is 4. The van der Waals surface area contributed by atoms with Gasteiger partial charge in [0.2, 0.25) is 0 Å². The maximum absolute atomic E-state index is 13.1. The zero-order valence-electron chi connectivity index (χ0n) is 27.4. The van der Waals surface area contributed by atoms with E-state index in [0.717, 1.165) is 17.5 Å². The SMILES string of the molecule is Cc1cc(Oc2ccc3c(c2)OC2C(C(=O)O)C32)c(OC(F)F)cc1C(F)(F)F.Cc1cc(Oc2ccc3ccoc3c2)c(OC(F)F)cc1C(F)(F)F. The maximum atomic E-state index is 13.1. The molecule has 1 N–H and O–H groups in total. The van der Waals surface area contributed by atoms with Crippen LogP contribution in [0.1, 0.15) is 33.7 Å². The third kappa shape index (κ3) is 8.06. The number of benzene rings is 4. The van der Waals surface area contributed by atoms with E-state index >= 15 is 0 Å². The van der Waals surface area contributed by atoms with E-state index in [1.807, 2.05) is 0 Å². The van der Waals surface area contributed by atoms with Crippen LogP contribution in [0.15, 0.2) is 77.4 Å². The first-order valence-corrected chi connectivity index (χ1v) is 15.5. The summed E-state index contributed by atoms with van der Waals surface area (Å²) in [6.45, 7) is -4.26. The van der Waals surface area contributed by atoms with Gasteiger partial charge in [0.25, 0.3) is 0 Å². The fraction of sp³-hybridized carbons (Fsp3) is 0.250. The van der Waals surface area contributed by atoms with Crippen LogP contribution in [0.2, 0.25) is 0 Å². The highest BCUT2D eigenvalue weighted by atomic mass is 19.4. The van der Waals surface area contributed by atoms with Crippen LogP contribution in [0.25, 0.3) is 11.0 Å². The van der Waals surface area contributed by atoms with Crippen molar-refractivity contribution < 1.29 is 81.9 Å². The fourth-order valence-electron chi connectivity index (χ4n) is 5.92. The lowest BCUT2D eigenvalue weighted by Crippen LogP contribution is -2.10. The summed E-state index contributed by atoms with van der Waals surface area (Å²) in [6.07, 6.45) is -8.45. The highest BCUT2D eigenvalue weighted by molar-refractivity contribution is 5.79. The smallest absolute Gasteiger partial charge is 0.416 e. The van der Waals surface area contributed by atoms with E-state index in [1.54, 1.807) is 18.2 Å². The van der Waals surface area contributed by atoms with Gasteiger partial charge in [-0.15, -0.1) is 0 Å². The zero-order chi connectivity index (χ0) is 39.3. The Labute approximate surface area is 297 Å². The molecule has 1 aliphatic heterocycles. The first-order chi connectivity index (χ1) is 25.3. The summed E-state index contributed by atoms with van der Waals surface area (Å²) in [5.74, 6) is -3.15. The lowest BCUT2D eigenvalue weighted by molar-refractivity contribution is -0.140. The first kappa shape index (κ1) is 37.9. The van der Waals surface area contributed by atoms with Gasteiger partial charge in [0.15, 0.2) is 23.0 Å². The summed E-state index contributed by atoms with van der Waals surface area (Å²) in [4.78, 5) is 11.1. The van der Waals surface area contributed by atoms with Crippen molar-refractivity contribution in [3.05, 3.63) is 101 Å². The summed E-state index contributed by atoms with van der Waals surface area (Å²) in [5, 5.41) is 9.87. The average Bonchev–Trinajstić information content (AvgIpc) is 3.36. The molecule has 4 aromatic carbocycles. The van der Waals surface area contributed by atoms with Gasteiger partial charge in [0.1, 0.15) is 34.9 Å². The second-order valence-corrected chi connectivity index (χ2v) is 12.0. The number of ether oxygens (including phenoxy) is 5. The average molecular weight is 775 g/mol. The Kier molecular flexibility index (Phi) is 9.98. The maximum Gasteiger partial charge on any atom is 0.416 e. The number of furan rings is 1. The summed E-state index contributed by atoms with van der Waals surface area (Å²) in [5.41, 5.74) is -1.42. The molecule has 2 heterocycles. The molecular formula is C36H24F10O8. The van der Waals surface area contributed by atoms with Crippen molar-refractivity contribution in [3.8, 4) is 40.2 Å². The predicted molar refractivity (Wildman–Crippen MR) is 167 cm³/mol. The van der Waals surface area contributed by atoms with Crippen molar-refractivity contribution in [1.82, 2.24) is 0 Å². The third-order valence-corrected chi connectivity index (χ3v) is 8.35. The minimum atomic E-state index is -4.74. The highest BCUT2D eigenvalue weighted by Gasteiger charge is 2.63. The van der Waals surface area contributed by atoms with E-state index in [-0.39, 0.29) is 40.0 Å². The van der Waals surface area contributed by atoms with Crippen LogP contribution in [0.5, 0.6) is 40.2 Å². The van der Waals surface area contributed by atoms with Crippen LogP contribution in [-0.4, -0.2) is 30.4 Å². The van der Waals surface area contributed by atoms with Crippen LogP contribution in [-0.2, 0) is 17.1 Å². The third-order valence-electron chi connectivity index (χ3n) is 8.35. The minimum absolute atomic E-state index is 0.121. The molecular weight excluding hydrogens is 750 g/mol. The highest BCUT2D eigenvalue weighted by Crippen LogP contribution is 2.59. The van der Waals surface area contributed by atoms with Crippen molar-refractivity contribution in [3.63, 3.8) is 0 Å². The summed E-state index contributed by atoms with van der Waals surface area (Å²) in [6, 6.07) is 13.8. The summed E-state index contributed by atoms with van der Waals surface area (Å²) in [7, 11) is 0. The Morgan fingerprint density at radius 1 is 0.704 bits per heavy atom. The van der Waals surface area contributed by atoms with Gasteiger partial charge in [-0.1, -0.05) is 6.07 Å². The molecule has 8 nitrogen and oxygen atoms in total. The molecule has 18 heteroatoms. The van der Waals surface area contributed by atoms with Crippen LogP contribution in [0.3, 0.4) is 0 Å². The predicted octanol–water partition coefficient (Wildman–Crippen LogP) is 11.1. The molecule has 0 amide bonds. The number of hydrogen-bond acceptors (Lipinski definition) is 7. The number of aliphatic carboxylic acids is 1. The Morgan fingerprint density at radius 2 is 1.22 bits per heavy atom. The standard InChI is InChI=1S/C19H13F5O5.C17H11F5O3/c1-7-4-12(13(29-18(20)21)6-10(7)19(22,23)24)27-8-2-3-9-11(5-8)28-16-14(9)15(16)17(25)26;1-9-6-14(15(25-16(18)19)8-12(9)17(20,21)22)24-11-3-2-10-4-5-23-13(10)7-11/h2-6,14-16,18H,1H3,(H,25,26);2-8,16H,1H3. The molecule has 5 aromatic rings. The van der Waals surface area contributed by atoms with Crippen molar-refractivity contribution >= 4 is 16.9 Å². The topological polar surface area (TPSA) is 96.6 Å². The van der Waals surface area contributed by atoms with Gasteiger partial charge in [0, 0.05) is 29.0 Å². The Bertz CT molecular complexity index is 2200. The Morgan fingerprint density at radius 3 is 1.72 bits per heavy atom. The van der Waals surface area contributed by atoms with Crippen LogP contribution < -0.4 is 23.7 Å². The minimum Gasteiger partial charge on any atom is -0.488 e. The quantitative estimate of drug-likeness (QED) is 0.148. The molecule has 0 bridgehead atoms. The molecule has 286 valence electrons. The normalized spacial score (nSPS) is 17.3. The Balaban J connectivity index is 0.000000186. The van der Waals surface area contributed by atoms with Crippen LogP contribution in [0, 0.1) is 19.8 Å². The second-order valence-electron chi connectivity index (χ2n) is 12.0. The molecule has 3 atom stereocenters. The van der Waals surface area contributed by atoms with Crippen LogP contribution in [0.4, 0.5) is 43.9 Å². The largest absolute Gasteiger partial charge is 0.488 e. The van der Waals surface area contributed by atoms with Gasteiger partial charge >= 0.3 is 31.5 Å². The van der Waals surface area contributed by atoms with Crippen LogP contribution >= 0.6 is 0 Å². The van der Waals surface area contributed by atoms with E-state index in [4.69, 9.17) is 23.7 Å². The molecule has 7 rings (SSSR count). The number of carboxylic acids is 1. The van der Waals surface area contributed by atoms with Gasteiger partial charge in [-0.05, 0) is 73.5 Å². The number of aryl methyl sites for hydroxylation is 2. The van der Waals surface area contributed by atoms with E-state index in [0.29, 0.717) is 29.0 Å². The number of carbonyl (C=O) groups is 1. The molecule has 0 radical (unpaired) electrons. The molecule has 0 spiro atoms. The fourth-order valence-corrected chi connectivity index (χ4v) is 5.92. The molecule has 1 aromatic heterocycles. The van der Waals surface area contributed by atoms with E-state index in [9.17, 15) is 48.7 Å². The molecule has 0 saturated heterocycles. The van der Waals surface area contributed by atoms with E-state index in [2.05, 4.69) is 9.47 Å². The zero-order valence-corrected chi connectivity index (χ0v) is 27.4. The summed E-state index contributed by atoms with van der Waals surface area (Å²) >= 11 is 0. The second kappa shape index (κ2) is 14.2. The van der Waals surface area contributed by atoms with Gasteiger partial charge in [-0.3, -0.25) is 4.79 Å². The number of hydrogen-bond donors (Lipinski definition) is 1. The van der Waals surface area contributed by atoms with Crippen molar-refractivity contribution in [1.29, 1.82) is 0 Å². The lowest BCUT2D eigenvalue weighted by Gasteiger charge is -2.17. The summed E-state index contributed by atoms with van der Waals surface area (Å²) < 4.78 is 159. The molecule has 1 aliphatic carbocycles.